The molecule has 1 aromatic rings. The minimum atomic E-state index is -1.00. The fraction of sp³-hybridized carbons (Fsp3) is 0.412. The number of hydrogen-bond donors (Lipinski definition) is 1. The predicted octanol–water partition coefficient (Wildman–Crippen LogP) is 2.97. The second-order valence-corrected chi connectivity index (χ2v) is 6.20. The SMILES string of the molecule is CC1(C)OB(C(F)=Cc2cccc(C#CCO)c2)OC1(C)C. The molecule has 1 heterocycles. The van der Waals surface area contributed by atoms with Gasteiger partial charge in [0.05, 0.1) is 11.2 Å². The van der Waals surface area contributed by atoms with Crippen LogP contribution in [0.15, 0.2) is 30.0 Å². The van der Waals surface area contributed by atoms with E-state index in [1.165, 1.54) is 6.08 Å². The van der Waals surface area contributed by atoms with Gasteiger partial charge in [0.15, 0.2) is 0 Å². The lowest BCUT2D eigenvalue weighted by atomic mass is 9.86. The van der Waals surface area contributed by atoms with Crippen LogP contribution in [0.3, 0.4) is 0 Å². The van der Waals surface area contributed by atoms with Crippen LogP contribution in [0.1, 0.15) is 38.8 Å². The standard InChI is InChI=1S/C17H20BFO3/c1-16(2)17(3,4)22-18(21-16)15(19)12-14-8-5-7-13(11-14)9-6-10-20/h5,7-8,11-12,20H,10H2,1-4H3. The van der Waals surface area contributed by atoms with E-state index in [0.29, 0.717) is 11.1 Å². The molecular weight excluding hydrogens is 282 g/mol. The van der Waals surface area contributed by atoms with Crippen molar-refractivity contribution in [1.29, 1.82) is 0 Å². The number of benzene rings is 1. The Hall–Kier alpha value is -1.61. The second kappa shape index (κ2) is 6.25. The smallest absolute Gasteiger partial charge is 0.398 e. The quantitative estimate of drug-likeness (QED) is 0.674. The third kappa shape index (κ3) is 3.59. The Bertz CT molecular complexity index is 625. The Morgan fingerprint density at radius 1 is 1.27 bits per heavy atom. The summed E-state index contributed by atoms with van der Waals surface area (Å²) in [5.41, 5.74) is -0.249. The second-order valence-electron chi connectivity index (χ2n) is 6.20. The monoisotopic (exact) mass is 302 g/mol. The molecule has 0 amide bonds. The van der Waals surface area contributed by atoms with E-state index in [1.807, 2.05) is 27.7 Å². The molecule has 3 nitrogen and oxygen atoms in total. The van der Waals surface area contributed by atoms with Crippen LogP contribution >= 0.6 is 0 Å². The highest BCUT2D eigenvalue weighted by Gasteiger charge is 2.52. The van der Waals surface area contributed by atoms with Crippen molar-refractivity contribution in [3.8, 4) is 11.8 Å². The minimum Gasteiger partial charge on any atom is -0.398 e. The van der Waals surface area contributed by atoms with E-state index in [4.69, 9.17) is 14.4 Å². The van der Waals surface area contributed by atoms with E-state index in [1.54, 1.807) is 24.3 Å². The highest BCUT2D eigenvalue weighted by molar-refractivity contribution is 6.54. The van der Waals surface area contributed by atoms with Crippen LogP contribution in [0.4, 0.5) is 4.39 Å². The summed E-state index contributed by atoms with van der Waals surface area (Å²) in [4.78, 5) is 0. The van der Waals surface area contributed by atoms with Gasteiger partial charge in [-0.1, -0.05) is 24.0 Å². The predicted molar refractivity (Wildman–Crippen MR) is 85.6 cm³/mol. The summed E-state index contributed by atoms with van der Waals surface area (Å²) in [6.45, 7) is 7.32. The molecule has 0 aromatic heterocycles. The van der Waals surface area contributed by atoms with Crippen molar-refractivity contribution in [3.63, 3.8) is 0 Å². The van der Waals surface area contributed by atoms with Crippen molar-refractivity contribution in [1.82, 2.24) is 0 Å². The van der Waals surface area contributed by atoms with E-state index in [9.17, 15) is 4.39 Å². The lowest BCUT2D eigenvalue weighted by Gasteiger charge is -2.32. The summed E-state index contributed by atoms with van der Waals surface area (Å²) in [5.74, 6) is 5.35. The van der Waals surface area contributed by atoms with Gasteiger partial charge in [0, 0.05) is 5.56 Å². The van der Waals surface area contributed by atoms with Crippen molar-refractivity contribution >= 4 is 13.2 Å². The first-order valence-corrected chi connectivity index (χ1v) is 7.18. The highest BCUT2D eigenvalue weighted by Crippen LogP contribution is 2.39. The molecular formula is C17H20BFO3. The van der Waals surface area contributed by atoms with Gasteiger partial charge in [-0.05, 0) is 51.5 Å². The Kier molecular flexibility index (Phi) is 4.76. The van der Waals surface area contributed by atoms with Crippen molar-refractivity contribution in [2.45, 2.75) is 38.9 Å². The third-order valence-electron chi connectivity index (χ3n) is 3.98. The molecule has 0 atom stereocenters. The van der Waals surface area contributed by atoms with Crippen LogP contribution in [0.5, 0.6) is 0 Å². The summed E-state index contributed by atoms with van der Waals surface area (Å²) < 4.78 is 25.7. The van der Waals surface area contributed by atoms with Crippen LogP contribution in [0, 0.1) is 11.8 Å². The number of rotatable bonds is 2. The summed E-state index contributed by atoms with van der Waals surface area (Å²) in [6.07, 6.45) is 1.38. The van der Waals surface area contributed by atoms with E-state index >= 15 is 0 Å². The number of hydrogen-bond acceptors (Lipinski definition) is 3. The lowest BCUT2D eigenvalue weighted by Crippen LogP contribution is -2.41. The zero-order valence-corrected chi connectivity index (χ0v) is 13.3. The van der Waals surface area contributed by atoms with Crippen LogP contribution in [-0.2, 0) is 9.31 Å². The zero-order chi connectivity index (χ0) is 16.4. The van der Waals surface area contributed by atoms with Crippen LogP contribution in [-0.4, -0.2) is 30.0 Å². The van der Waals surface area contributed by atoms with Gasteiger partial charge < -0.3 is 14.4 Å². The molecule has 0 aliphatic carbocycles. The summed E-state index contributed by atoms with van der Waals surface area (Å²) >= 11 is 0. The summed E-state index contributed by atoms with van der Waals surface area (Å²) in [7, 11) is -1.00. The average molecular weight is 302 g/mol. The van der Waals surface area contributed by atoms with Crippen molar-refractivity contribution in [2.24, 2.45) is 0 Å². The molecule has 1 saturated heterocycles. The topological polar surface area (TPSA) is 38.7 Å². The van der Waals surface area contributed by atoms with E-state index < -0.39 is 24.0 Å². The molecule has 1 aromatic carbocycles. The molecule has 0 bridgehead atoms. The zero-order valence-electron chi connectivity index (χ0n) is 13.3. The Morgan fingerprint density at radius 3 is 2.50 bits per heavy atom. The molecule has 1 N–H and O–H groups in total. The molecule has 1 fully saturated rings. The molecule has 116 valence electrons. The molecule has 0 radical (unpaired) electrons. The van der Waals surface area contributed by atoms with Crippen molar-refractivity contribution < 1.29 is 18.8 Å². The lowest BCUT2D eigenvalue weighted by molar-refractivity contribution is 0.00578. The van der Waals surface area contributed by atoms with Crippen LogP contribution < -0.4 is 0 Å². The van der Waals surface area contributed by atoms with Gasteiger partial charge in [0.25, 0.3) is 0 Å². The molecule has 22 heavy (non-hydrogen) atoms. The molecule has 1 aliphatic heterocycles. The largest absolute Gasteiger partial charge is 0.525 e. The van der Waals surface area contributed by atoms with Gasteiger partial charge in [-0.3, -0.25) is 0 Å². The number of aliphatic hydroxyl groups excluding tert-OH is 1. The first-order valence-electron chi connectivity index (χ1n) is 7.18. The van der Waals surface area contributed by atoms with Crippen LogP contribution in [0.25, 0.3) is 6.08 Å². The molecule has 0 unspecified atom stereocenters. The van der Waals surface area contributed by atoms with E-state index in [2.05, 4.69) is 11.8 Å². The van der Waals surface area contributed by atoms with Gasteiger partial charge >= 0.3 is 7.12 Å². The Balaban J connectivity index is 2.20. The fourth-order valence-electron chi connectivity index (χ4n) is 2.03. The van der Waals surface area contributed by atoms with Crippen molar-refractivity contribution in [3.05, 3.63) is 41.1 Å². The van der Waals surface area contributed by atoms with E-state index in [0.717, 1.165) is 0 Å². The first kappa shape index (κ1) is 16.8. The molecule has 0 saturated carbocycles. The molecule has 0 spiro atoms. The first-order chi connectivity index (χ1) is 10.2. The third-order valence-corrected chi connectivity index (χ3v) is 3.98. The Labute approximate surface area is 131 Å². The average Bonchev–Trinajstić information content (AvgIpc) is 2.66. The van der Waals surface area contributed by atoms with Crippen molar-refractivity contribution in [2.75, 3.05) is 6.61 Å². The maximum absolute atomic E-state index is 14.4. The fourth-order valence-corrected chi connectivity index (χ4v) is 2.03. The van der Waals surface area contributed by atoms with Crippen LogP contribution in [0.2, 0.25) is 0 Å². The van der Waals surface area contributed by atoms with Gasteiger partial charge in [-0.15, -0.1) is 0 Å². The maximum atomic E-state index is 14.4. The van der Waals surface area contributed by atoms with Gasteiger partial charge in [0.2, 0.25) is 0 Å². The molecule has 5 heteroatoms. The summed E-state index contributed by atoms with van der Waals surface area (Å²) in [5, 5.41) is 8.71. The van der Waals surface area contributed by atoms with Gasteiger partial charge in [-0.25, -0.2) is 4.39 Å². The molecule has 2 rings (SSSR count). The minimum absolute atomic E-state index is 0.206. The van der Waals surface area contributed by atoms with Gasteiger partial charge in [-0.2, -0.15) is 0 Å². The molecule has 1 aliphatic rings. The highest BCUT2D eigenvalue weighted by atomic mass is 19.1. The van der Waals surface area contributed by atoms with E-state index in [-0.39, 0.29) is 6.61 Å². The Morgan fingerprint density at radius 2 is 1.91 bits per heavy atom. The number of halogens is 1. The summed E-state index contributed by atoms with van der Waals surface area (Å²) in [6, 6.07) is 7.10. The van der Waals surface area contributed by atoms with Gasteiger partial charge in [0.1, 0.15) is 12.3 Å². The normalized spacial score (nSPS) is 19.7. The number of aliphatic hydroxyl groups is 1. The maximum Gasteiger partial charge on any atom is 0.525 e.